The van der Waals surface area contributed by atoms with Gasteiger partial charge < -0.3 is 10.1 Å². The average molecular weight is 252 g/mol. The van der Waals surface area contributed by atoms with E-state index in [0.717, 1.165) is 17.4 Å². The Morgan fingerprint density at radius 2 is 2.29 bits per heavy atom. The summed E-state index contributed by atoms with van der Waals surface area (Å²) in [4.78, 5) is 11.6. The maximum Gasteiger partial charge on any atom is 0.238 e. The molecule has 0 radical (unpaired) electrons. The molecule has 1 fully saturated rings. The fraction of sp³-hybridized carbons (Fsp3) is 0.417. The second-order valence-electron chi connectivity index (χ2n) is 3.72. The van der Waals surface area contributed by atoms with E-state index in [9.17, 15) is 4.79 Å². The number of nitrogens with one attached hydrogen (secondary N) is 2. The number of thioether (sulfide) groups is 1. The van der Waals surface area contributed by atoms with Crippen LogP contribution in [0.2, 0.25) is 0 Å². The van der Waals surface area contributed by atoms with Crippen LogP contribution in [0, 0.1) is 0 Å². The zero-order valence-electron chi connectivity index (χ0n) is 9.52. The Kier molecular flexibility index (Phi) is 4.70. The summed E-state index contributed by atoms with van der Waals surface area (Å²) in [6.07, 6.45) is 0. The zero-order chi connectivity index (χ0) is 11.9. The number of para-hydroxylation sites is 1. The van der Waals surface area contributed by atoms with Crippen molar-refractivity contribution in [3.63, 3.8) is 0 Å². The predicted octanol–water partition coefficient (Wildman–Crippen LogP) is 0.844. The second kappa shape index (κ2) is 6.51. The van der Waals surface area contributed by atoms with E-state index in [2.05, 4.69) is 10.6 Å². The maximum absolute atomic E-state index is 11.6. The van der Waals surface area contributed by atoms with E-state index >= 15 is 0 Å². The lowest BCUT2D eigenvalue weighted by molar-refractivity contribution is -0.122. The van der Waals surface area contributed by atoms with Crippen molar-refractivity contribution in [2.45, 2.75) is 6.04 Å². The summed E-state index contributed by atoms with van der Waals surface area (Å²) in [7, 11) is 0. The topological polar surface area (TPSA) is 50.4 Å². The van der Waals surface area contributed by atoms with Gasteiger partial charge in [-0.3, -0.25) is 10.1 Å². The molecule has 0 saturated carbocycles. The number of carbonyl (C=O) groups is 1. The molecule has 1 aliphatic heterocycles. The Labute approximate surface area is 105 Å². The largest absolute Gasteiger partial charge is 0.492 e. The van der Waals surface area contributed by atoms with E-state index in [4.69, 9.17) is 4.74 Å². The highest BCUT2D eigenvalue weighted by Crippen LogP contribution is 2.09. The molecule has 1 amide bonds. The van der Waals surface area contributed by atoms with E-state index in [1.54, 1.807) is 11.8 Å². The highest BCUT2D eigenvalue weighted by Gasteiger charge is 2.21. The van der Waals surface area contributed by atoms with Gasteiger partial charge in [-0.15, -0.1) is 11.8 Å². The Morgan fingerprint density at radius 3 is 3.00 bits per heavy atom. The number of carbonyl (C=O) groups excluding carboxylic acids is 1. The third-order valence-electron chi connectivity index (χ3n) is 2.45. The normalized spacial score (nSPS) is 18.9. The molecule has 1 unspecified atom stereocenters. The highest BCUT2D eigenvalue weighted by atomic mass is 32.2. The summed E-state index contributed by atoms with van der Waals surface area (Å²) in [5, 5.41) is 5.98. The van der Waals surface area contributed by atoms with Crippen LogP contribution in [0.1, 0.15) is 0 Å². The van der Waals surface area contributed by atoms with Gasteiger partial charge >= 0.3 is 0 Å². The standard InChI is InChI=1S/C12H16N2O2S/c15-12(11-8-17-9-14-11)13-6-7-16-10-4-2-1-3-5-10/h1-5,11,14H,6-9H2,(H,13,15). The molecule has 2 N–H and O–H groups in total. The molecule has 0 spiro atoms. The van der Waals surface area contributed by atoms with Gasteiger partial charge in [-0.2, -0.15) is 0 Å². The first-order chi connectivity index (χ1) is 8.36. The van der Waals surface area contributed by atoms with E-state index < -0.39 is 0 Å². The molecule has 0 aliphatic carbocycles. The SMILES string of the molecule is O=C(NCCOc1ccccc1)C1CSCN1. The average Bonchev–Trinajstić information content (AvgIpc) is 2.89. The zero-order valence-corrected chi connectivity index (χ0v) is 10.3. The van der Waals surface area contributed by atoms with Crippen molar-refractivity contribution in [1.29, 1.82) is 0 Å². The molecular weight excluding hydrogens is 236 g/mol. The Hall–Kier alpha value is -1.20. The van der Waals surface area contributed by atoms with Crippen molar-refractivity contribution >= 4 is 17.7 Å². The minimum absolute atomic E-state index is 0.0447. The van der Waals surface area contributed by atoms with Gasteiger partial charge in [0, 0.05) is 11.6 Å². The first-order valence-electron chi connectivity index (χ1n) is 5.63. The molecule has 1 aliphatic rings. The molecule has 4 nitrogen and oxygen atoms in total. The minimum Gasteiger partial charge on any atom is -0.492 e. The maximum atomic E-state index is 11.6. The van der Waals surface area contributed by atoms with E-state index in [0.29, 0.717) is 13.2 Å². The molecule has 1 saturated heterocycles. The first kappa shape index (κ1) is 12.3. The molecule has 0 aromatic heterocycles. The lowest BCUT2D eigenvalue weighted by Crippen LogP contribution is -2.43. The van der Waals surface area contributed by atoms with Crippen LogP contribution in [0.3, 0.4) is 0 Å². The summed E-state index contributed by atoms with van der Waals surface area (Å²) in [5.74, 6) is 2.60. The molecule has 1 atom stereocenters. The third-order valence-corrected chi connectivity index (χ3v) is 3.39. The molecule has 2 rings (SSSR count). The van der Waals surface area contributed by atoms with Gasteiger partial charge in [0.15, 0.2) is 0 Å². The Bertz CT molecular complexity index is 353. The summed E-state index contributed by atoms with van der Waals surface area (Å²) in [6, 6.07) is 9.55. The highest BCUT2D eigenvalue weighted by molar-refractivity contribution is 7.99. The van der Waals surface area contributed by atoms with Crippen LogP contribution in [0.25, 0.3) is 0 Å². The van der Waals surface area contributed by atoms with E-state index in [1.807, 2.05) is 30.3 Å². The van der Waals surface area contributed by atoms with Crippen LogP contribution in [0.4, 0.5) is 0 Å². The first-order valence-corrected chi connectivity index (χ1v) is 6.78. The van der Waals surface area contributed by atoms with Crippen molar-refractivity contribution < 1.29 is 9.53 Å². The van der Waals surface area contributed by atoms with Gasteiger partial charge in [0.05, 0.1) is 12.6 Å². The number of rotatable bonds is 5. The van der Waals surface area contributed by atoms with Gasteiger partial charge in [-0.25, -0.2) is 0 Å². The quantitative estimate of drug-likeness (QED) is 0.763. The van der Waals surface area contributed by atoms with E-state index in [1.165, 1.54) is 0 Å². The van der Waals surface area contributed by atoms with Crippen LogP contribution in [-0.2, 0) is 4.79 Å². The van der Waals surface area contributed by atoms with Crippen LogP contribution >= 0.6 is 11.8 Å². The smallest absolute Gasteiger partial charge is 0.238 e. The summed E-state index contributed by atoms with van der Waals surface area (Å²) in [5.41, 5.74) is 0. The van der Waals surface area contributed by atoms with Gasteiger partial charge in [-0.1, -0.05) is 18.2 Å². The third kappa shape index (κ3) is 3.94. The lowest BCUT2D eigenvalue weighted by Gasteiger charge is -2.11. The molecule has 1 aromatic rings. The minimum atomic E-state index is -0.0447. The van der Waals surface area contributed by atoms with Gasteiger partial charge in [-0.05, 0) is 12.1 Å². The molecule has 1 heterocycles. The van der Waals surface area contributed by atoms with Crippen molar-refractivity contribution in [2.75, 3.05) is 24.8 Å². The molecule has 17 heavy (non-hydrogen) atoms. The fourth-order valence-electron chi connectivity index (χ4n) is 1.55. The van der Waals surface area contributed by atoms with Crippen molar-refractivity contribution in [3.8, 4) is 5.75 Å². The van der Waals surface area contributed by atoms with Crippen molar-refractivity contribution in [2.24, 2.45) is 0 Å². The van der Waals surface area contributed by atoms with Gasteiger partial charge in [0.2, 0.25) is 5.91 Å². The fourth-order valence-corrected chi connectivity index (χ4v) is 2.49. The molecule has 92 valence electrons. The number of amides is 1. The summed E-state index contributed by atoms with van der Waals surface area (Å²) >= 11 is 1.74. The Balaban J connectivity index is 1.61. The predicted molar refractivity (Wildman–Crippen MR) is 69.2 cm³/mol. The van der Waals surface area contributed by atoms with Crippen molar-refractivity contribution in [1.82, 2.24) is 10.6 Å². The lowest BCUT2D eigenvalue weighted by atomic mass is 10.3. The number of benzene rings is 1. The van der Waals surface area contributed by atoms with Crippen molar-refractivity contribution in [3.05, 3.63) is 30.3 Å². The monoisotopic (exact) mass is 252 g/mol. The molecular formula is C12H16N2O2S. The van der Waals surface area contributed by atoms with E-state index in [-0.39, 0.29) is 11.9 Å². The molecule has 5 heteroatoms. The van der Waals surface area contributed by atoms with Crippen LogP contribution < -0.4 is 15.4 Å². The molecule has 0 bridgehead atoms. The summed E-state index contributed by atoms with van der Waals surface area (Å²) in [6.45, 7) is 1.03. The second-order valence-corrected chi connectivity index (χ2v) is 4.75. The van der Waals surface area contributed by atoms with Gasteiger partial charge in [0.25, 0.3) is 0 Å². The number of hydrogen-bond acceptors (Lipinski definition) is 4. The Morgan fingerprint density at radius 1 is 1.47 bits per heavy atom. The number of ether oxygens (including phenoxy) is 1. The summed E-state index contributed by atoms with van der Waals surface area (Å²) < 4.78 is 5.48. The van der Waals surface area contributed by atoms with Crippen LogP contribution in [-0.4, -0.2) is 36.7 Å². The molecule has 1 aromatic carbocycles. The van der Waals surface area contributed by atoms with Gasteiger partial charge in [0.1, 0.15) is 12.4 Å². The number of hydrogen-bond donors (Lipinski definition) is 2. The van der Waals surface area contributed by atoms with Crippen LogP contribution in [0.5, 0.6) is 5.75 Å². The van der Waals surface area contributed by atoms with Crippen LogP contribution in [0.15, 0.2) is 30.3 Å².